The molecule has 2 aromatic rings. The highest BCUT2D eigenvalue weighted by Crippen LogP contribution is 2.20. The van der Waals surface area contributed by atoms with Crippen molar-refractivity contribution in [3.05, 3.63) is 52.2 Å². The average molecular weight is 291 g/mol. The largest absolute Gasteiger partial charge is 0.322 e. The summed E-state index contributed by atoms with van der Waals surface area (Å²) in [6.45, 7) is 4.01. The van der Waals surface area contributed by atoms with Gasteiger partial charge in [0.1, 0.15) is 0 Å². The van der Waals surface area contributed by atoms with Crippen molar-refractivity contribution in [1.29, 1.82) is 0 Å². The van der Waals surface area contributed by atoms with E-state index >= 15 is 0 Å². The highest BCUT2D eigenvalue weighted by atomic mass is 35.5. The van der Waals surface area contributed by atoms with Crippen LogP contribution in [0.25, 0.3) is 0 Å². The van der Waals surface area contributed by atoms with Gasteiger partial charge in [0, 0.05) is 11.9 Å². The van der Waals surface area contributed by atoms with Gasteiger partial charge in [-0.1, -0.05) is 17.7 Å². The number of benzene rings is 1. The van der Waals surface area contributed by atoms with E-state index in [2.05, 4.69) is 15.7 Å². The fourth-order valence-corrected chi connectivity index (χ4v) is 1.91. The van der Waals surface area contributed by atoms with Crippen molar-refractivity contribution >= 4 is 29.0 Å². The molecule has 2 rings (SSSR count). The van der Waals surface area contributed by atoms with Gasteiger partial charge in [0.25, 0.3) is 5.91 Å². The van der Waals surface area contributed by atoms with E-state index in [0.717, 1.165) is 11.3 Å². The van der Waals surface area contributed by atoms with E-state index in [1.165, 1.54) is 17.8 Å². The molecule has 104 valence electrons. The Kier molecular flexibility index (Phi) is 4.22. The number of carbonyl (C=O) groups is 1. The number of nitrogen functional groups attached to an aromatic ring is 1. The van der Waals surface area contributed by atoms with Crippen molar-refractivity contribution in [3.8, 4) is 0 Å². The van der Waals surface area contributed by atoms with Crippen molar-refractivity contribution in [2.75, 3.05) is 10.7 Å². The van der Waals surface area contributed by atoms with Crippen molar-refractivity contribution in [3.63, 3.8) is 0 Å². The lowest BCUT2D eigenvalue weighted by atomic mass is 10.1. The van der Waals surface area contributed by atoms with Gasteiger partial charge < -0.3 is 10.7 Å². The van der Waals surface area contributed by atoms with E-state index in [0.29, 0.717) is 16.4 Å². The summed E-state index contributed by atoms with van der Waals surface area (Å²) < 4.78 is 0. The Morgan fingerprint density at radius 3 is 2.60 bits per heavy atom. The van der Waals surface area contributed by atoms with Crippen LogP contribution in [-0.2, 0) is 0 Å². The molecule has 20 heavy (non-hydrogen) atoms. The van der Waals surface area contributed by atoms with Gasteiger partial charge in [-0.15, -0.1) is 0 Å². The number of hydrogen-bond acceptors (Lipinski definition) is 4. The predicted molar refractivity (Wildman–Crippen MR) is 80.9 cm³/mol. The zero-order valence-electron chi connectivity index (χ0n) is 11.2. The topological polar surface area (TPSA) is 80.0 Å². The zero-order chi connectivity index (χ0) is 14.7. The second-order valence-electron chi connectivity index (χ2n) is 4.45. The molecule has 0 fully saturated rings. The number of rotatable bonds is 3. The molecule has 4 N–H and O–H groups in total. The minimum atomic E-state index is -0.272. The molecule has 0 spiro atoms. The molecular weight excluding hydrogens is 276 g/mol. The summed E-state index contributed by atoms with van der Waals surface area (Å²) >= 11 is 5.94. The predicted octanol–water partition coefficient (Wildman–Crippen LogP) is 2.89. The van der Waals surface area contributed by atoms with Gasteiger partial charge in [-0.3, -0.25) is 4.79 Å². The molecule has 1 heterocycles. The van der Waals surface area contributed by atoms with E-state index in [4.69, 9.17) is 17.4 Å². The summed E-state index contributed by atoms with van der Waals surface area (Å²) in [7, 11) is 0. The third-order valence-electron chi connectivity index (χ3n) is 3.00. The summed E-state index contributed by atoms with van der Waals surface area (Å²) in [5, 5.41) is 3.09. The van der Waals surface area contributed by atoms with E-state index in [9.17, 15) is 4.79 Å². The third-order valence-corrected chi connectivity index (χ3v) is 3.29. The number of nitrogens with zero attached hydrogens (tertiary/aromatic N) is 1. The summed E-state index contributed by atoms with van der Waals surface area (Å²) in [5.41, 5.74) is 5.73. The number of amides is 1. The summed E-state index contributed by atoms with van der Waals surface area (Å²) in [4.78, 5) is 16.1. The Balaban J connectivity index is 2.19. The van der Waals surface area contributed by atoms with Crippen molar-refractivity contribution in [2.45, 2.75) is 13.8 Å². The normalized spacial score (nSPS) is 10.2. The first-order chi connectivity index (χ1) is 9.51. The SMILES string of the molecule is Cc1ccc(NC(=O)c2cnc(NN)c(Cl)c2)cc1C. The number of hydrazine groups is 1. The summed E-state index contributed by atoms with van der Waals surface area (Å²) in [6, 6.07) is 7.24. The molecule has 0 bridgehead atoms. The molecule has 0 aliphatic rings. The lowest BCUT2D eigenvalue weighted by Crippen LogP contribution is -2.14. The van der Waals surface area contributed by atoms with Crippen molar-refractivity contribution < 1.29 is 4.79 Å². The Labute approximate surface area is 122 Å². The van der Waals surface area contributed by atoms with Crippen LogP contribution in [0.15, 0.2) is 30.5 Å². The minimum absolute atomic E-state index is 0.272. The second kappa shape index (κ2) is 5.90. The molecule has 5 nitrogen and oxygen atoms in total. The molecule has 0 atom stereocenters. The van der Waals surface area contributed by atoms with E-state index < -0.39 is 0 Å². The van der Waals surface area contributed by atoms with Crippen LogP contribution in [-0.4, -0.2) is 10.9 Å². The molecule has 1 aromatic carbocycles. The lowest BCUT2D eigenvalue weighted by molar-refractivity contribution is 0.102. The van der Waals surface area contributed by atoms with Gasteiger partial charge in [-0.2, -0.15) is 0 Å². The van der Waals surface area contributed by atoms with Gasteiger partial charge in [0.2, 0.25) is 0 Å². The first-order valence-electron chi connectivity index (χ1n) is 6.02. The number of anilines is 2. The third kappa shape index (κ3) is 3.07. The van der Waals surface area contributed by atoms with Crippen LogP contribution in [0.2, 0.25) is 5.02 Å². The van der Waals surface area contributed by atoms with Gasteiger partial charge in [-0.25, -0.2) is 10.8 Å². The molecule has 0 unspecified atom stereocenters. The van der Waals surface area contributed by atoms with Gasteiger partial charge in [0.05, 0.1) is 10.6 Å². The molecule has 0 aliphatic carbocycles. The van der Waals surface area contributed by atoms with Gasteiger partial charge >= 0.3 is 0 Å². The number of nitrogens with two attached hydrogens (primary N) is 1. The molecule has 0 radical (unpaired) electrons. The molecule has 0 aliphatic heterocycles. The van der Waals surface area contributed by atoms with Crippen LogP contribution in [0.5, 0.6) is 0 Å². The first kappa shape index (κ1) is 14.3. The van der Waals surface area contributed by atoms with Crippen molar-refractivity contribution in [1.82, 2.24) is 4.98 Å². The first-order valence-corrected chi connectivity index (χ1v) is 6.40. The summed E-state index contributed by atoms with van der Waals surface area (Å²) in [6.07, 6.45) is 1.41. The smallest absolute Gasteiger partial charge is 0.257 e. The molecule has 1 amide bonds. The number of hydrogen-bond donors (Lipinski definition) is 3. The number of nitrogens with one attached hydrogen (secondary N) is 2. The molecular formula is C14H15ClN4O. The fourth-order valence-electron chi connectivity index (χ4n) is 1.69. The maximum atomic E-state index is 12.1. The maximum Gasteiger partial charge on any atom is 0.257 e. The van der Waals surface area contributed by atoms with Gasteiger partial charge in [0.15, 0.2) is 5.82 Å². The quantitative estimate of drug-likeness (QED) is 0.600. The second-order valence-corrected chi connectivity index (χ2v) is 4.86. The van der Waals surface area contributed by atoms with E-state index in [1.807, 2.05) is 32.0 Å². The maximum absolute atomic E-state index is 12.1. The number of pyridine rings is 1. The molecule has 1 aromatic heterocycles. The number of carbonyl (C=O) groups excluding carboxylic acids is 1. The standard InChI is InChI=1S/C14H15ClN4O/c1-8-3-4-11(5-9(8)2)18-14(20)10-6-12(15)13(19-16)17-7-10/h3-7H,16H2,1-2H3,(H,17,19)(H,18,20). The highest BCUT2D eigenvalue weighted by molar-refractivity contribution is 6.33. The van der Waals surface area contributed by atoms with E-state index in [-0.39, 0.29) is 5.91 Å². The number of aryl methyl sites for hydroxylation is 2. The zero-order valence-corrected chi connectivity index (χ0v) is 12.0. The Morgan fingerprint density at radius 2 is 2.00 bits per heavy atom. The lowest BCUT2D eigenvalue weighted by Gasteiger charge is -2.08. The van der Waals surface area contributed by atoms with Crippen LogP contribution >= 0.6 is 11.6 Å². The average Bonchev–Trinajstić information content (AvgIpc) is 2.42. The minimum Gasteiger partial charge on any atom is -0.322 e. The van der Waals surface area contributed by atoms with Crippen LogP contribution in [0.3, 0.4) is 0 Å². The summed E-state index contributed by atoms with van der Waals surface area (Å²) in [5.74, 6) is 5.29. The number of halogens is 1. The molecule has 0 saturated carbocycles. The highest BCUT2D eigenvalue weighted by Gasteiger charge is 2.10. The molecule has 0 saturated heterocycles. The van der Waals surface area contributed by atoms with Crippen LogP contribution in [0.4, 0.5) is 11.5 Å². The van der Waals surface area contributed by atoms with E-state index in [1.54, 1.807) is 0 Å². The van der Waals surface area contributed by atoms with Crippen molar-refractivity contribution in [2.24, 2.45) is 5.84 Å². The Morgan fingerprint density at radius 1 is 1.25 bits per heavy atom. The van der Waals surface area contributed by atoms with Crippen LogP contribution in [0.1, 0.15) is 21.5 Å². The van der Waals surface area contributed by atoms with Crippen LogP contribution in [0, 0.1) is 13.8 Å². The monoisotopic (exact) mass is 290 g/mol. The number of aromatic nitrogens is 1. The Bertz CT molecular complexity index is 658. The molecule has 6 heteroatoms. The van der Waals surface area contributed by atoms with Gasteiger partial charge in [-0.05, 0) is 43.2 Å². The fraction of sp³-hybridized carbons (Fsp3) is 0.143. The Hall–Kier alpha value is -2.11. The van der Waals surface area contributed by atoms with Crippen LogP contribution < -0.4 is 16.6 Å².